The Hall–Kier alpha value is -3.55. The third kappa shape index (κ3) is 4.63. The second kappa shape index (κ2) is 7.94. The summed E-state index contributed by atoms with van der Waals surface area (Å²) in [5.41, 5.74) is 1.83. The van der Waals surface area contributed by atoms with E-state index in [-0.39, 0.29) is 41.4 Å². The molecule has 4 aromatic rings. The molecule has 0 unspecified atom stereocenters. The number of aryl methyl sites for hydroxylation is 1. The Morgan fingerprint density at radius 2 is 1.90 bits per heavy atom. The van der Waals surface area contributed by atoms with Gasteiger partial charge in [-0.15, -0.1) is 0 Å². The maximum absolute atomic E-state index is 13.9. The first-order chi connectivity index (χ1) is 14.7. The second-order valence-electron chi connectivity index (χ2n) is 8.24. The highest BCUT2D eigenvalue weighted by atomic mass is 19.1. The highest BCUT2D eigenvalue weighted by Crippen LogP contribution is 2.28. The molecule has 2 heterocycles. The number of oxazole rings is 2. The standard InChI is InChI=1S/C23H21F2N3O3/c1-23(2,3)22-28-17-11-14(5-7-18(17)31-22)27-20(29)8-9-21-26-12-19(30-21)15-6-4-13(24)10-16(15)25/h4-7,10-12H,8-9H2,1-3H3,(H,27,29). The maximum Gasteiger partial charge on any atom is 0.224 e. The molecule has 4 rings (SSSR count). The number of rotatable bonds is 5. The summed E-state index contributed by atoms with van der Waals surface area (Å²) in [6.45, 7) is 6.04. The van der Waals surface area contributed by atoms with Gasteiger partial charge >= 0.3 is 0 Å². The summed E-state index contributed by atoms with van der Waals surface area (Å²) in [4.78, 5) is 20.9. The topological polar surface area (TPSA) is 81.2 Å². The van der Waals surface area contributed by atoms with Crippen molar-refractivity contribution in [3.8, 4) is 11.3 Å². The fourth-order valence-corrected chi connectivity index (χ4v) is 3.01. The van der Waals surface area contributed by atoms with Crippen molar-refractivity contribution in [2.45, 2.75) is 39.0 Å². The summed E-state index contributed by atoms with van der Waals surface area (Å²) in [6.07, 6.45) is 1.71. The number of amides is 1. The van der Waals surface area contributed by atoms with Crippen molar-refractivity contribution in [3.05, 3.63) is 66.0 Å². The Kier molecular flexibility index (Phi) is 5.31. The van der Waals surface area contributed by atoms with Gasteiger partial charge in [0.05, 0.1) is 11.8 Å². The van der Waals surface area contributed by atoms with E-state index in [0.29, 0.717) is 22.7 Å². The number of nitrogens with one attached hydrogen (secondary N) is 1. The number of benzene rings is 2. The SMILES string of the molecule is CC(C)(C)c1nc2cc(NC(=O)CCc3ncc(-c4ccc(F)cc4F)o3)ccc2o1. The Balaban J connectivity index is 1.39. The van der Waals surface area contributed by atoms with Crippen LogP contribution < -0.4 is 5.32 Å². The minimum absolute atomic E-state index is 0.111. The highest BCUT2D eigenvalue weighted by Gasteiger charge is 2.21. The van der Waals surface area contributed by atoms with Crippen LogP contribution in [0.1, 0.15) is 39.0 Å². The van der Waals surface area contributed by atoms with Crippen LogP contribution in [0.5, 0.6) is 0 Å². The summed E-state index contributed by atoms with van der Waals surface area (Å²) < 4.78 is 38.2. The minimum atomic E-state index is -0.738. The molecule has 0 saturated carbocycles. The smallest absolute Gasteiger partial charge is 0.224 e. The molecule has 6 nitrogen and oxygen atoms in total. The number of hydrogen-bond donors (Lipinski definition) is 1. The zero-order valence-corrected chi connectivity index (χ0v) is 17.3. The van der Waals surface area contributed by atoms with Crippen molar-refractivity contribution in [1.29, 1.82) is 0 Å². The van der Waals surface area contributed by atoms with E-state index in [4.69, 9.17) is 8.83 Å². The number of halogens is 2. The first kappa shape index (κ1) is 20.7. The van der Waals surface area contributed by atoms with Crippen LogP contribution in [-0.4, -0.2) is 15.9 Å². The Morgan fingerprint density at radius 3 is 2.65 bits per heavy atom. The monoisotopic (exact) mass is 425 g/mol. The summed E-state index contributed by atoms with van der Waals surface area (Å²) in [6, 6.07) is 8.48. The van der Waals surface area contributed by atoms with E-state index in [1.807, 2.05) is 20.8 Å². The Bertz CT molecular complexity index is 1250. The van der Waals surface area contributed by atoms with Crippen LogP contribution in [0.25, 0.3) is 22.4 Å². The van der Waals surface area contributed by atoms with Crippen LogP contribution in [0.4, 0.5) is 14.5 Å². The van der Waals surface area contributed by atoms with Gasteiger partial charge in [-0.3, -0.25) is 4.79 Å². The fourth-order valence-electron chi connectivity index (χ4n) is 3.01. The lowest BCUT2D eigenvalue weighted by Crippen LogP contribution is -2.12. The van der Waals surface area contributed by atoms with E-state index in [2.05, 4.69) is 15.3 Å². The third-order valence-corrected chi connectivity index (χ3v) is 4.63. The third-order valence-electron chi connectivity index (χ3n) is 4.63. The summed E-state index contributed by atoms with van der Waals surface area (Å²) in [7, 11) is 0. The number of anilines is 1. The Labute approximate surface area is 177 Å². The molecule has 0 atom stereocenters. The number of fused-ring (bicyclic) bond motifs is 1. The average molecular weight is 425 g/mol. The molecule has 1 N–H and O–H groups in total. The van der Waals surface area contributed by atoms with Gasteiger partial charge in [0.1, 0.15) is 17.2 Å². The molecule has 0 aliphatic carbocycles. The molecule has 2 aromatic heterocycles. The van der Waals surface area contributed by atoms with Crippen LogP contribution >= 0.6 is 0 Å². The van der Waals surface area contributed by atoms with Crippen LogP contribution in [-0.2, 0) is 16.6 Å². The zero-order chi connectivity index (χ0) is 22.2. The number of carbonyl (C=O) groups excluding carboxylic acids is 1. The summed E-state index contributed by atoms with van der Waals surface area (Å²) in [5, 5.41) is 2.81. The van der Waals surface area contributed by atoms with Crippen LogP contribution in [0.2, 0.25) is 0 Å². The van der Waals surface area contributed by atoms with Crippen molar-refractivity contribution in [3.63, 3.8) is 0 Å². The predicted molar refractivity (Wildman–Crippen MR) is 112 cm³/mol. The van der Waals surface area contributed by atoms with Gasteiger partial charge in [0, 0.05) is 30.0 Å². The van der Waals surface area contributed by atoms with Gasteiger partial charge in [-0.1, -0.05) is 20.8 Å². The molecule has 2 aromatic carbocycles. The van der Waals surface area contributed by atoms with E-state index < -0.39 is 11.6 Å². The molecular formula is C23H21F2N3O3. The fraction of sp³-hybridized carbons (Fsp3) is 0.261. The number of nitrogens with zero attached hydrogens (tertiary/aromatic N) is 2. The average Bonchev–Trinajstić information content (AvgIpc) is 3.33. The molecular weight excluding hydrogens is 404 g/mol. The van der Waals surface area contributed by atoms with Crippen molar-refractivity contribution >= 4 is 22.7 Å². The van der Waals surface area contributed by atoms with Gasteiger partial charge in [0.25, 0.3) is 0 Å². The largest absolute Gasteiger partial charge is 0.441 e. The summed E-state index contributed by atoms with van der Waals surface area (Å²) >= 11 is 0. The van der Waals surface area contributed by atoms with Gasteiger partial charge in [-0.25, -0.2) is 18.7 Å². The highest BCUT2D eigenvalue weighted by molar-refractivity contribution is 5.92. The van der Waals surface area contributed by atoms with E-state index in [0.717, 1.165) is 12.1 Å². The maximum atomic E-state index is 13.9. The van der Waals surface area contributed by atoms with Crippen molar-refractivity contribution in [2.75, 3.05) is 5.32 Å². The first-order valence-electron chi connectivity index (χ1n) is 9.80. The number of carbonyl (C=O) groups is 1. The zero-order valence-electron chi connectivity index (χ0n) is 17.3. The van der Waals surface area contributed by atoms with E-state index in [9.17, 15) is 13.6 Å². The number of aromatic nitrogens is 2. The van der Waals surface area contributed by atoms with Gasteiger partial charge in [0.2, 0.25) is 11.8 Å². The summed E-state index contributed by atoms with van der Waals surface area (Å²) in [5.74, 6) is -0.543. The molecule has 0 spiro atoms. The first-order valence-corrected chi connectivity index (χ1v) is 9.80. The van der Waals surface area contributed by atoms with Crippen LogP contribution in [0, 0.1) is 11.6 Å². The molecule has 1 amide bonds. The van der Waals surface area contributed by atoms with Gasteiger partial charge < -0.3 is 14.2 Å². The molecule has 31 heavy (non-hydrogen) atoms. The van der Waals surface area contributed by atoms with Crippen LogP contribution in [0.3, 0.4) is 0 Å². The number of hydrogen-bond acceptors (Lipinski definition) is 5. The van der Waals surface area contributed by atoms with E-state index in [1.165, 1.54) is 12.3 Å². The molecule has 8 heteroatoms. The molecule has 0 saturated heterocycles. The van der Waals surface area contributed by atoms with E-state index >= 15 is 0 Å². The van der Waals surface area contributed by atoms with Crippen LogP contribution in [0.15, 0.2) is 51.4 Å². The van der Waals surface area contributed by atoms with Crippen molar-refractivity contribution in [1.82, 2.24) is 9.97 Å². The van der Waals surface area contributed by atoms with Crippen molar-refractivity contribution in [2.24, 2.45) is 0 Å². The lowest BCUT2D eigenvalue weighted by molar-refractivity contribution is -0.116. The molecule has 160 valence electrons. The van der Waals surface area contributed by atoms with Gasteiger partial charge in [-0.05, 0) is 30.3 Å². The lowest BCUT2D eigenvalue weighted by Gasteiger charge is -2.11. The van der Waals surface area contributed by atoms with E-state index in [1.54, 1.807) is 18.2 Å². The van der Waals surface area contributed by atoms with Gasteiger partial charge in [-0.2, -0.15) is 0 Å². The lowest BCUT2D eigenvalue weighted by atomic mass is 9.97. The molecule has 0 fully saturated rings. The second-order valence-corrected chi connectivity index (χ2v) is 8.24. The Morgan fingerprint density at radius 1 is 1.10 bits per heavy atom. The predicted octanol–water partition coefficient (Wildman–Crippen LogP) is 5.63. The molecule has 0 radical (unpaired) electrons. The quantitative estimate of drug-likeness (QED) is 0.448. The molecule has 0 bridgehead atoms. The van der Waals surface area contributed by atoms with Gasteiger partial charge in [0.15, 0.2) is 17.2 Å². The molecule has 0 aliphatic heterocycles. The minimum Gasteiger partial charge on any atom is -0.441 e. The van der Waals surface area contributed by atoms with Crippen molar-refractivity contribution < 1.29 is 22.4 Å². The normalized spacial score (nSPS) is 11.8. The molecule has 0 aliphatic rings.